The Morgan fingerprint density at radius 1 is 1.53 bits per heavy atom. The Morgan fingerprint density at radius 2 is 2.26 bits per heavy atom. The zero-order valence-corrected chi connectivity index (χ0v) is 11.9. The molecule has 104 valence electrons. The van der Waals surface area contributed by atoms with Crippen LogP contribution in [0.5, 0.6) is 0 Å². The number of nitrogens with zero attached hydrogens (tertiary/aromatic N) is 1. The van der Waals surface area contributed by atoms with E-state index < -0.39 is 0 Å². The van der Waals surface area contributed by atoms with Crippen molar-refractivity contribution in [3.63, 3.8) is 0 Å². The Labute approximate surface area is 118 Å². The van der Waals surface area contributed by atoms with Crippen LogP contribution in [0.2, 0.25) is 5.02 Å². The minimum atomic E-state index is -0.0332. The number of carbonyl (C=O) groups is 1. The fourth-order valence-corrected chi connectivity index (χ4v) is 2.23. The van der Waals surface area contributed by atoms with Crippen molar-refractivity contribution in [2.45, 2.75) is 19.8 Å². The Balaban J connectivity index is 1.88. The van der Waals surface area contributed by atoms with Crippen molar-refractivity contribution >= 4 is 28.9 Å². The van der Waals surface area contributed by atoms with E-state index in [-0.39, 0.29) is 5.91 Å². The van der Waals surface area contributed by atoms with Gasteiger partial charge in [-0.15, -0.1) is 0 Å². The Bertz CT molecular complexity index is 460. The summed E-state index contributed by atoms with van der Waals surface area (Å²) in [5.74, 6) is 0.752. The topological polar surface area (TPSA) is 58.4 Å². The summed E-state index contributed by atoms with van der Waals surface area (Å²) in [6.07, 6.45) is 2.59. The molecule has 3 N–H and O–H groups in total. The molecule has 1 saturated carbocycles. The highest BCUT2D eigenvalue weighted by Crippen LogP contribution is 2.29. The number of hydrogen-bond acceptors (Lipinski definition) is 3. The average molecular weight is 282 g/mol. The highest BCUT2D eigenvalue weighted by Gasteiger charge is 2.24. The lowest BCUT2D eigenvalue weighted by molar-refractivity contribution is -0.117. The molecular weight excluding hydrogens is 262 g/mol. The van der Waals surface area contributed by atoms with Gasteiger partial charge < -0.3 is 11.1 Å². The van der Waals surface area contributed by atoms with Gasteiger partial charge in [0.1, 0.15) is 0 Å². The molecule has 1 aromatic carbocycles. The number of rotatable bonds is 6. The summed E-state index contributed by atoms with van der Waals surface area (Å²) in [6.45, 7) is 4.39. The van der Waals surface area contributed by atoms with Gasteiger partial charge in [0.15, 0.2) is 0 Å². The highest BCUT2D eigenvalue weighted by atomic mass is 35.5. The Morgan fingerprint density at radius 3 is 2.84 bits per heavy atom. The maximum Gasteiger partial charge on any atom is 0.238 e. The number of carbonyl (C=O) groups excluding carboxylic acids is 1. The largest absolute Gasteiger partial charge is 0.399 e. The molecule has 19 heavy (non-hydrogen) atoms. The van der Waals surface area contributed by atoms with Crippen LogP contribution in [0.1, 0.15) is 19.8 Å². The number of hydrogen-bond donors (Lipinski definition) is 2. The van der Waals surface area contributed by atoms with E-state index in [0.717, 1.165) is 19.0 Å². The van der Waals surface area contributed by atoms with Gasteiger partial charge in [-0.2, -0.15) is 0 Å². The summed E-state index contributed by atoms with van der Waals surface area (Å²) >= 11 is 6.03. The normalized spacial score (nSPS) is 14.7. The molecule has 0 unspecified atom stereocenters. The highest BCUT2D eigenvalue weighted by molar-refractivity contribution is 6.34. The van der Waals surface area contributed by atoms with Gasteiger partial charge in [-0.25, -0.2) is 0 Å². The molecule has 4 nitrogen and oxygen atoms in total. The fraction of sp³-hybridized carbons (Fsp3) is 0.500. The monoisotopic (exact) mass is 281 g/mol. The van der Waals surface area contributed by atoms with Crippen LogP contribution in [0.25, 0.3) is 0 Å². The van der Waals surface area contributed by atoms with Crippen molar-refractivity contribution in [2.24, 2.45) is 5.92 Å². The summed E-state index contributed by atoms with van der Waals surface area (Å²) in [5.41, 5.74) is 6.82. The van der Waals surface area contributed by atoms with Crippen molar-refractivity contribution < 1.29 is 4.79 Å². The van der Waals surface area contributed by atoms with E-state index in [1.807, 2.05) is 0 Å². The molecule has 0 heterocycles. The quantitative estimate of drug-likeness (QED) is 0.788. The van der Waals surface area contributed by atoms with Crippen LogP contribution in [0.3, 0.4) is 0 Å². The van der Waals surface area contributed by atoms with Gasteiger partial charge in [-0.05, 0) is 43.5 Å². The summed E-state index contributed by atoms with van der Waals surface area (Å²) in [5, 5.41) is 3.30. The zero-order valence-electron chi connectivity index (χ0n) is 11.2. The van der Waals surface area contributed by atoms with E-state index in [9.17, 15) is 4.79 Å². The van der Waals surface area contributed by atoms with E-state index in [1.54, 1.807) is 18.2 Å². The van der Waals surface area contributed by atoms with E-state index in [4.69, 9.17) is 17.3 Å². The smallest absolute Gasteiger partial charge is 0.238 e. The second-order valence-electron chi connectivity index (χ2n) is 5.06. The summed E-state index contributed by atoms with van der Waals surface area (Å²) in [6, 6.07) is 5.09. The van der Waals surface area contributed by atoms with Crippen molar-refractivity contribution in [3.8, 4) is 0 Å². The van der Waals surface area contributed by atoms with Gasteiger partial charge in [-0.3, -0.25) is 9.69 Å². The van der Waals surface area contributed by atoms with Crippen molar-refractivity contribution in [1.82, 2.24) is 4.90 Å². The number of nitrogens with two attached hydrogens (primary N) is 1. The third kappa shape index (κ3) is 4.40. The summed E-state index contributed by atoms with van der Waals surface area (Å²) in [7, 11) is 0. The van der Waals surface area contributed by atoms with Gasteiger partial charge in [0.2, 0.25) is 5.91 Å². The van der Waals surface area contributed by atoms with E-state index in [0.29, 0.717) is 22.9 Å². The van der Waals surface area contributed by atoms with Gasteiger partial charge in [-0.1, -0.05) is 18.5 Å². The number of nitrogens with one attached hydrogen (secondary N) is 1. The first-order valence-electron chi connectivity index (χ1n) is 6.65. The summed E-state index contributed by atoms with van der Waals surface area (Å²) < 4.78 is 0. The number of nitrogen functional groups attached to an aromatic ring is 1. The molecule has 1 fully saturated rings. The summed E-state index contributed by atoms with van der Waals surface area (Å²) in [4.78, 5) is 14.1. The molecule has 0 aliphatic heterocycles. The molecule has 0 atom stereocenters. The molecule has 0 spiro atoms. The van der Waals surface area contributed by atoms with Gasteiger partial charge in [0, 0.05) is 12.2 Å². The molecule has 0 radical (unpaired) electrons. The van der Waals surface area contributed by atoms with Crippen molar-refractivity contribution in [1.29, 1.82) is 0 Å². The van der Waals surface area contributed by atoms with Gasteiger partial charge in [0.25, 0.3) is 0 Å². The first-order chi connectivity index (χ1) is 9.08. The standard InChI is InChI=1S/C14H20ClN3O/c1-2-18(8-10-3-4-10)9-14(19)17-13-6-5-11(16)7-12(13)15/h5-7,10H,2-4,8-9,16H2,1H3,(H,17,19). The van der Waals surface area contributed by atoms with E-state index in [1.165, 1.54) is 12.8 Å². The van der Waals surface area contributed by atoms with Crippen molar-refractivity contribution in [2.75, 3.05) is 30.7 Å². The van der Waals surface area contributed by atoms with Crippen LogP contribution >= 0.6 is 11.6 Å². The number of benzene rings is 1. The lowest BCUT2D eigenvalue weighted by Crippen LogP contribution is -2.34. The van der Waals surface area contributed by atoms with E-state index in [2.05, 4.69) is 17.1 Å². The minimum absolute atomic E-state index is 0.0332. The molecule has 0 saturated heterocycles. The predicted octanol–water partition coefficient (Wildman–Crippen LogP) is 2.59. The lowest BCUT2D eigenvalue weighted by Gasteiger charge is -2.19. The SMILES string of the molecule is CCN(CC(=O)Nc1ccc(N)cc1Cl)CC1CC1. The third-order valence-electron chi connectivity index (χ3n) is 3.29. The maximum atomic E-state index is 12.0. The second kappa shape index (κ2) is 6.26. The van der Waals surface area contributed by atoms with E-state index >= 15 is 0 Å². The fourth-order valence-electron chi connectivity index (χ4n) is 2.00. The molecule has 1 aromatic rings. The van der Waals surface area contributed by atoms with Crippen LogP contribution < -0.4 is 11.1 Å². The molecule has 1 aliphatic carbocycles. The lowest BCUT2D eigenvalue weighted by atomic mass is 10.3. The first kappa shape index (κ1) is 14.2. The number of likely N-dealkylation sites (N-methyl/N-ethyl adjacent to an activating group) is 1. The van der Waals surface area contributed by atoms with Crippen LogP contribution in [0, 0.1) is 5.92 Å². The number of anilines is 2. The number of halogens is 1. The van der Waals surface area contributed by atoms with Crippen LogP contribution in [0.4, 0.5) is 11.4 Å². The average Bonchev–Trinajstić information content (AvgIpc) is 3.16. The molecule has 2 rings (SSSR count). The molecule has 1 amide bonds. The molecule has 1 aliphatic rings. The van der Waals surface area contributed by atoms with Gasteiger partial charge in [0.05, 0.1) is 17.3 Å². The minimum Gasteiger partial charge on any atom is -0.399 e. The Hall–Kier alpha value is -1.26. The van der Waals surface area contributed by atoms with Crippen molar-refractivity contribution in [3.05, 3.63) is 23.2 Å². The van der Waals surface area contributed by atoms with Gasteiger partial charge >= 0.3 is 0 Å². The first-order valence-corrected chi connectivity index (χ1v) is 7.03. The number of amides is 1. The molecule has 0 bridgehead atoms. The third-order valence-corrected chi connectivity index (χ3v) is 3.61. The van der Waals surface area contributed by atoms with Crippen LogP contribution in [0.15, 0.2) is 18.2 Å². The second-order valence-corrected chi connectivity index (χ2v) is 5.47. The molecule has 5 heteroatoms. The zero-order chi connectivity index (χ0) is 13.8. The maximum absolute atomic E-state index is 12.0. The van der Waals surface area contributed by atoms with Crippen LogP contribution in [-0.2, 0) is 4.79 Å². The molecule has 0 aromatic heterocycles. The predicted molar refractivity (Wildman–Crippen MR) is 79.3 cm³/mol. The van der Waals surface area contributed by atoms with Crippen LogP contribution in [-0.4, -0.2) is 30.4 Å². The molecular formula is C14H20ClN3O. The Kier molecular flexibility index (Phi) is 4.66.